The van der Waals surface area contributed by atoms with Crippen molar-refractivity contribution in [1.29, 1.82) is 0 Å². The Morgan fingerprint density at radius 3 is 2.26 bits per heavy atom. The summed E-state index contributed by atoms with van der Waals surface area (Å²) >= 11 is 0. The first kappa shape index (κ1) is 18.8. The first-order valence-electron chi connectivity index (χ1n) is 6.82. The van der Waals surface area contributed by atoms with Crippen LogP contribution in [-0.2, 0) is 20.9 Å². The summed E-state index contributed by atoms with van der Waals surface area (Å²) in [5.74, 6) is -2.84. The molecule has 0 bridgehead atoms. The second kappa shape index (κ2) is 7.87. The Labute approximate surface area is 132 Å². The fourth-order valence-electron chi connectivity index (χ4n) is 1.61. The van der Waals surface area contributed by atoms with Crippen molar-refractivity contribution in [2.24, 2.45) is 0 Å². The molecule has 1 aromatic carbocycles. The molecule has 128 valence electrons. The molecule has 1 aromatic rings. The summed E-state index contributed by atoms with van der Waals surface area (Å²) in [5.41, 5.74) is -0.559. The lowest BCUT2D eigenvalue weighted by Gasteiger charge is -2.22. The van der Waals surface area contributed by atoms with Crippen LogP contribution in [0.1, 0.15) is 26.3 Å². The van der Waals surface area contributed by atoms with Gasteiger partial charge in [0.1, 0.15) is 17.2 Å². The Balaban J connectivity index is 2.53. The van der Waals surface area contributed by atoms with E-state index >= 15 is 0 Å². The van der Waals surface area contributed by atoms with Crippen LogP contribution in [0.4, 0.5) is 13.6 Å². The van der Waals surface area contributed by atoms with Gasteiger partial charge in [-0.1, -0.05) is 0 Å². The Bertz CT molecular complexity index is 551. The average Bonchev–Trinajstić information content (AvgIpc) is 2.33. The molecular formula is C15H19F2NO5. The van der Waals surface area contributed by atoms with Crippen LogP contribution < -0.4 is 5.32 Å². The molecule has 0 unspecified atom stereocenters. The standard InChI is InChI=1S/C15H19F2NO5/c1-15(2,3)23-14(21)18-12(13(19)20)8-22-7-9-4-10(16)6-11(17)5-9/h4-6,12H,7-8H2,1-3H3,(H,18,21)(H,19,20)/t12-/m1/s1. The SMILES string of the molecule is CC(C)(C)OC(=O)N[C@H](COCc1cc(F)cc(F)c1)C(=O)O. The highest BCUT2D eigenvalue weighted by atomic mass is 19.1. The minimum absolute atomic E-state index is 0.200. The molecule has 0 aliphatic rings. The average molecular weight is 331 g/mol. The van der Waals surface area contributed by atoms with Crippen molar-refractivity contribution >= 4 is 12.1 Å². The van der Waals surface area contributed by atoms with E-state index < -0.39 is 35.3 Å². The van der Waals surface area contributed by atoms with Crippen LogP contribution in [0.3, 0.4) is 0 Å². The molecule has 2 N–H and O–H groups in total. The number of carboxylic acids is 1. The minimum atomic E-state index is -1.34. The summed E-state index contributed by atoms with van der Waals surface area (Å²) in [5, 5.41) is 11.2. The number of hydrogen-bond acceptors (Lipinski definition) is 4. The number of alkyl carbamates (subject to hydrolysis) is 1. The van der Waals surface area contributed by atoms with E-state index in [-0.39, 0.29) is 18.8 Å². The lowest BCUT2D eigenvalue weighted by molar-refractivity contribution is -0.141. The van der Waals surface area contributed by atoms with Crippen molar-refractivity contribution < 1.29 is 33.0 Å². The van der Waals surface area contributed by atoms with Gasteiger partial charge in [0.25, 0.3) is 0 Å². The summed E-state index contributed by atoms with van der Waals surface area (Å²) in [7, 11) is 0. The quantitative estimate of drug-likeness (QED) is 0.836. The molecule has 0 radical (unpaired) electrons. The van der Waals surface area contributed by atoms with Crippen LogP contribution >= 0.6 is 0 Å². The number of carbonyl (C=O) groups excluding carboxylic acids is 1. The summed E-state index contributed by atoms with van der Waals surface area (Å²) in [6, 6.07) is 1.51. The summed E-state index contributed by atoms with van der Waals surface area (Å²) in [6.07, 6.45) is -0.898. The first-order valence-corrected chi connectivity index (χ1v) is 6.82. The summed E-state index contributed by atoms with van der Waals surface area (Å²) < 4.78 is 36.1. The van der Waals surface area contributed by atoms with Gasteiger partial charge in [-0.25, -0.2) is 18.4 Å². The molecule has 8 heteroatoms. The van der Waals surface area contributed by atoms with Gasteiger partial charge >= 0.3 is 12.1 Å². The van der Waals surface area contributed by atoms with Gasteiger partial charge in [0, 0.05) is 6.07 Å². The molecular weight excluding hydrogens is 312 g/mol. The van der Waals surface area contributed by atoms with Gasteiger partial charge in [0.15, 0.2) is 6.04 Å². The molecule has 6 nitrogen and oxygen atoms in total. The lowest BCUT2D eigenvalue weighted by atomic mass is 10.2. The third kappa shape index (κ3) is 7.55. The van der Waals surface area contributed by atoms with Gasteiger partial charge in [-0.3, -0.25) is 0 Å². The largest absolute Gasteiger partial charge is 0.480 e. The number of carbonyl (C=O) groups is 2. The highest BCUT2D eigenvalue weighted by molar-refractivity contribution is 5.80. The van der Waals surface area contributed by atoms with E-state index in [1.165, 1.54) is 0 Å². The monoisotopic (exact) mass is 331 g/mol. The Morgan fingerprint density at radius 2 is 1.78 bits per heavy atom. The van der Waals surface area contributed by atoms with Gasteiger partial charge in [0.05, 0.1) is 13.2 Å². The number of hydrogen-bond donors (Lipinski definition) is 2. The number of nitrogens with one attached hydrogen (secondary N) is 1. The molecule has 0 saturated heterocycles. The molecule has 0 aromatic heterocycles. The van der Waals surface area contributed by atoms with Gasteiger partial charge < -0.3 is 19.9 Å². The summed E-state index contributed by atoms with van der Waals surface area (Å²) in [4.78, 5) is 22.6. The molecule has 0 spiro atoms. The molecule has 0 aliphatic carbocycles. The smallest absolute Gasteiger partial charge is 0.408 e. The van der Waals surface area contributed by atoms with Gasteiger partial charge in [0.2, 0.25) is 0 Å². The van der Waals surface area contributed by atoms with Crippen molar-refractivity contribution in [2.75, 3.05) is 6.61 Å². The zero-order valence-corrected chi connectivity index (χ0v) is 13.1. The molecule has 0 saturated carbocycles. The molecule has 23 heavy (non-hydrogen) atoms. The zero-order valence-electron chi connectivity index (χ0n) is 13.1. The lowest BCUT2D eigenvalue weighted by Crippen LogP contribution is -2.46. The van der Waals surface area contributed by atoms with E-state index in [2.05, 4.69) is 5.32 Å². The van der Waals surface area contributed by atoms with Crippen molar-refractivity contribution in [2.45, 2.75) is 39.0 Å². The van der Waals surface area contributed by atoms with Gasteiger partial charge in [-0.15, -0.1) is 0 Å². The van der Waals surface area contributed by atoms with E-state index in [4.69, 9.17) is 14.6 Å². The van der Waals surface area contributed by atoms with Crippen LogP contribution in [0.5, 0.6) is 0 Å². The summed E-state index contributed by atoms with van der Waals surface area (Å²) in [6.45, 7) is 4.33. The van der Waals surface area contributed by atoms with Crippen molar-refractivity contribution in [3.8, 4) is 0 Å². The van der Waals surface area contributed by atoms with Crippen LogP contribution in [-0.4, -0.2) is 35.4 Å². The molecule has 0 fully saturated rings. The van der Waals surface area contributed by atoms with E-state index in [1.54, 1.807) is 20.8 Å². The van der Waals surface area contributed by atoms with Gasteiger partial charge in [-0.2, -0.15) is 0 Å². The molecule has 1 rings (SSSR count). The fourth-order valence-corrected chi connectivity index (χ4v) is 1.61. The first-order chi connectivity index (χ1) is 10.6. The second-order valence-electron chi connectivity index (χ2n) is 5.83. The van der Waals surface area contributed by atoms with Crippen molar-refractivity contribution in [3.63, 3.8) is 0 Å². The maximum Gasteiger partial charge on any atom is 0.408 e. The predicted molar refractivity (Wildman–Crippen MR) is 76.8 cm³/mol. The Kier molecular flexibility index (Phi) is 6.44. The number of carboxylic acid groups (broad SMARTS) is 1. The number of amides is 1. The molecule has 1 amide bonds. The fraction of sp³-hybridized carbons (Fsp3) is 0.467. The van der Waals surface area contributed by atoms with E-state index in [0.717, 1.165) is 12.1 Å². The van der Waals surface area contributed by atoms with Crippen molar-refractivity contribution in [3.05, 3.63) is 35.4 Å². The van der Waals surface area contributed by atoms with Crippen LogP contribution in [0, 0.1) is 11.6 Å². The number of rotatable bonds is 6. The van der Waals surface area contributed by atoms with E-state index in [0.29, 0.717) is 6.07 Å². The number of halogens is 2. The second-order valence-corrected chi connectivity index (χ2v) is 5.83. The van der Waals surface area contributed by atoms with Gasteiger partial charge in [-0.05, 0) is 38.5 Å². The maximum atomic E-state index is 13.0. The third-order valence-electron chi connectivity index (χ3n) is 2.46. The van der Waals surface area contributed by atoms with Crippen molar-refractivity contribution in [1.82, 2.24) is 5.32 Å². The Morgan fingerprint density at radius 1 is 1.22 bits per heavy atom. The van der Waals surface area contributed by atoms with Crippen LogP contribution in [0.25, 0.3) is 0 Å². The molecule has 0 heterocycles. The highest BCUT2D eigenvalue weighted by Crippen LogP contribution is 2.10. The normalized spacial score (nSPS) is 12.6. The molecule has 1 atom stereocenters. The predicted octanol–water partition coefficient (Wildman–Crippen LogP) is 2.46. The minimum Gasteiger partial charge on any atom is -0.480 e. The number of aliphatic carboxylic acids is 1. The van der Waals surface area contributed by atoms with E-state index in [1.807, 2.05) is 0 Å². The molecule has 0 aliphatic heterocycles. The van der Waals surface area contributed by atoms with E-state index in [9.17, 15) is 18.4 Å². The maximum absolute atomic E-state index is 13.0. The number of ether oxygens (including phenoxy) is 2. The third-order valence-corrected chi connectivity index (χ3v) is 2.46. The highest BCUT2D eigenvalue weighted by Gasteiger charge is 2.24. The van der Waals surface area contributed by atoms with Crippen LogP contribution in [0.2, 0.25) is 0 Å². The topological polar surface area (TPSA) is 84.9 Å². The zero-order chi connectivity index (χ0) is 17.6. The Hall–Kier alpha value is -2.22. The van der Waals surface area contributed by atoms with Crippen LogP contribution in [0.15, 0.2) is 18.2 Å². The number of benzene rings is 1.